The number of fused-ring (bicyclic) bond motifs is 1. The number of rotatable bonds is 2. The molecule has 0 fully saturated rings. The Labute approximate surface area is 128 Å². The van der Waals surface area contributed by atoms with Crippen molar-refractivity contribution in [2.45, 2.75) is 6.10 Å². The molecular weight excluding hydrogens is 340 g/mol. The predicted octanol–water partition coefficient (Wildman–Crippen LogP) is 4.36. The number of halogens is 3. The van der Waals surface area contributed by atoms with E-state index in [1.54, 1.807) is 24.4 Å². The zero-order valence-electron chi connectivity index (χ0n) is 10.7. The van der Waals surface area contributed by atoms with E-state index >= 15 is 0 Å². The van der Waals surface area contributed by atoms with Gasteiger partial charge in [0, 0.05) is 27.7 Å². The molecule has 1 N–H and O–H groups in total. The molecule has 1 aromatic heterocycles. The summed E-state index contributed by atoms with van der Waals surface area (Å²) in [5, 5.41) is 11.3. The van der Waals surface area contributed by atoms with Gasteiger partial charge in [0.1, 0.15) is 17.7 Å². The minimum Gasteiger partial charge on any atom is -0.384 e. The second kappa shape index (κ2) is 5.50. The molecule has 0 saturated heterocycles. The van der Waals surface area contributed by atoms with Crippen molar-refractivity contribution in [3.05, 3.63) is 75.9 Å². The monoisotopic (exact) mass is 349 g/mol. The molecule has 0 saturated carbocycles. The van der Waals surface area contributed by atoms with E-state index in [1.165, 1.54) is 0 Å². The van der Waals surface area contributed by atoms with E-state index in [2.05, 4.69) is 20.9 Å². The van der Waals surface area contributed by atoms with Crippen molar-refractivity contribution in [2.75, 3.05) is 0 Å². The molecule has 0 bridgehead atoms. The number of hydrogen-bond donors (Lipinski definition) is 1. The molecule has 0 aliphatic rings. The van der Waals surface area contributed by atoms with Gasteiger partial charge in [-0.3, -0.25) is 4.98 Å². The number of aliphatic hydroxyl groups is 1. The topological polar surface area (TPSA) is 33.1 Å². The van der Waals surface area contributed by atoms with Crippen LogP contribution in [0.3, 0.4) is 0 Å². The van der Waals surface area contributed by atoms with Crippen LogP contribution in [-0.2, 0) is 0 Å². The minimum absolute atomic E-state index is 0.154. The number of benzene rings is 2. The van der Waals surface area contributed by atoms with E-state index in [9.17, 15) is 13.9 Å². The smallest absolute Gasteiger partial charge is 0.126 e. The molecule has 1 atom stereocenters. The van der Waals surface area contributed by atoms with Crippen molar-refractivity contribution >= 4 is 26.8 Å². The van der Waals surface area contributed by atoms with Gasteiger partial charge in [-0.1, -0.05) is 28.1 Å². The molecule has 5 heteroatoms. The lowest BCUT2D eigenvalue weighted by molar-refractivity contribution is 0.220. The third-order valence-corrected chi connectivity index (χ3v) is 3.93. The first-order valence-corrected chi connectivity index (χ1v) is 7.03. The van der Waals surface area contributed by atoms with Crippen LogP contribution in [0.4, 0.5) is 8.78 Å². The highest BCUT2D eigenvalue weighted by Crippen LogP contribution is 2.32. The lowest BCUT2D eigenvalue weighted by Crippen LogP contribution is -2.03. The van der Waals surface area contributed by atoms with Gasteiger partial charge in [0.15, 0.2) is 0 Å². The molecule has 2 nitrogen and oxygen atoms in total. The van der Waals surface area contributed by atoms with E-state index in [0.29, 0.717) is 11.1 Å². The number of pyridine rings is 1. The molecule has 1 heterocycles. The average Bonchev–Trinajstić information content (AvgIpc) is 2.46. The highest BCUT2D eigenvalue weighted by Gasteiger charge is 2.17. The Morgan fingerprint density at radius 2 is 1.76 bits per heavy atom. The summed E-state index contributed by atoms with van der Waals surface area (Å²) in [5.41, 5.74) is 1.24. The zero-order valence-corrected chi connectivity index (χ0v) is 12.3. The van der Waals surface area contributed by atoms with E-state index < -0.39 is 17.7 Å². The van der Waals surface area contributed by atoms with Crippen LogP contribution in [0.2, 0.25) is 0 Å². The summed E-state index contributed by atoms with van der Waals surface area (Å²) in [4.78, 5) is 4.26. The van der Waals surface area contributed by atoms with Gasteiger partial charge < -0.3 is 5.11 Å². The lowest BCUT2D eigenvalue weighted by atomic mass is 9.98. The van der Waals surface area contributed by atoms with Crippen LogP contribution in [0, 0.1) is 11.6 Å². The Morgan fingerprint density at radius 3 is 2.48 bits per heavy atom. The summed E-state index contributed by atoms with van der Waals surface area (Å²) in [6, 6.07) is 10.1. The fraction of sp³-hybridized carbons (Fsp3) is 0.0625. The van der Waals surface area contributed by atoms with Crippen molar-refractivity contribution < 1.29 is 13.9 Å². The van der Waals surface area contributed by atoms with Crippen LogP contribution in [-0.4, -0.2) is 10.1 Å². The molecule has 21 heavy (non-hydrogen) atoms. The predicted molar refractivity (Wildman–Crippen MR) is 79.9 cm³/mol. The van der Waals surface area contributed by atoms with Crippen molar-refractivity contribution in [1.29, 1.82) is 0 Å². The van der Waals surface area contributed by atoms with Crippen molar-refractivity contribution in [1.82, 2.24) is 4.98 Å². The van der Waals surface area contributed by atoms with Crippen LogP contribution < -0.4 is 0 Å². The fourth-order valence-corrected chi connectivity index (χ4v) is 2.75. The number of hydrogen-bond acceptors (Lipinski definition) is 2. The van der Waals surface area contributed by atoms with Crippen LogP contribution in [0.5, 0.6) is 0 Å². The third-order valence-electron chi connectivity index (χ3n) is 3.24. The molecule has 0 amide bonds. The van der Waals surface area contributed by atoms with Crippen LogP contribution in [0.25, 0.3) is 10.9 Å². The number of nitrogens with zero attached hydrogens (tertiary/aromatic N) is 1. The first kappa shape index (κ1) is 14.1. The highest BCUT2D eigenvalue weighted by atomic mass is 79.9. The summed E-state index contributed by atoms with van der Waals surface area (Å²) in [6.45, 7) is 0. The van der Waals surface area contributed by atoms with Crippen LogP contribution in [0.1, 0.15) is 17.2 Å². The molecule has 3 aromatic rings. The van der Waals surface area contributed by atoms with E-state index in [0.717, 1.165) is 28.1 Å². The molecular formula is C16H10BrF2NO. The van der Waals surface area contributed by atoms with Gasteiger partial charge >= 0.3 is 0 Å². The summed E-state index contributed by atoms with van der Waals surface area (Å²) < 4.78 is 27.5. The van der Waals surface area contributed by atoms with E-state index in [1.807, 2.05) is 6.07 Å². The summed E-state index contributed by atoms with van der Waals surface area (Å²) in [6.07, 6.45) is 0.456. The maximum atomic E-state index is 13.3. The maximum absolute atomic E-state index is 13.3. The SMILES string of the molecule is OC(c1cc(F)cc(F)c1)c1ccc(Br)c2cccnc12. The molecule has 2 aromatic carbocycles. The second-order valence-corrected chi connectivity index (χ2v) is 5.50. The number of aromatic nitrogens is 1. The van der Waals surface area contributed by atoms with Crippen molar-refractivity contribution in [3.8, 4) is 0 Å². The Bertz CT molecular complexity index is 802. The second-order valence-electron chi connectivity index (χ2n) is 4.64. The quantitative estimate of drug-likeness (QED) is 0.745. The Hall–Kier alpha value is -1.85. The fourth-order valence-electron chi connectivity index (χ4n) is 2.29. The molecule has 0 radical (unpaired) electrons. The van der Waals surface area contributed by atoms with Crippen molar-refractivity contribution in [2.24, 2.45) is 0 Å². The Kier molecular flexibility index (Phi) is 3.69. The average molecular weight is 350 g/mol. The van der Waals surface area contributed by atoms with Crippen LogP contribution in [0.15, 0.2) is 53.1 Å². The molecule has 0 spiro atoms. The first-order chi connectivity index (χ1) is 10.1. The number of aliphatic hydroxyl groups excluding tert-OH is 1. The molecule has 106 valence electrons. The van der Waals surface area contributed by atoms with Gasteiger partial charge in [-0.2, -0.15) is 0 Å². The van der Waals surface area contributed by atoms with Crippen LogP contribution >= 0.6 is 15.9 Å². The van der Waals surface area contributed by atoms with Gasteiger partial charge in [0.25, 0.3) is 0 Å². The van der Waals surface area contributed by atoms with E-state index in [4.69, 9.17) is 0 Å². The normalized spacial score (nSPS) is 12.6. The first-order valence-electron chi connectivity index (χ1n) is 6.23. The Morgan fingerprint density at radius 1 is 1.05 bits per heavy atom. The van der Waals surface area contributed by atoms with E-state index in [-0.39, 0.29) is 5.56 Å². The summed E-state index contributed by atoms with van der Waals surface area (Å²) >= 11 is 3.42. The van der Waals surface area contributed by atoms with Gasteiger partial charge in [-0.25, -0.2) is 8.78 Å². The molecule has 0 aliphatic heterocycles. The summed E-state index contributed by atoms with van der Waals surface area (Å²) in [7, 11) is 0. The molecule has 3 rings (SSSR count). The summed E-state index contributed by atoms with van der Waals surface area (Å²) in [5.74, 6) is -1.45. The van der Waals surface area contributed by atoms with Gasteiger partial charge in [-0.05, 0) is 29.8 Å². The highest BCUT2D eigenvalue weighted by molar-refractivity contribution is 9.10. The molecule has 1 unspecified atom stereocenters. The lowest BCUT2D eigenvalue weighted by Gasteiger charge is -2.14. The molecule has 0 aliphatic carbocycles. The largest absolute Gasteiger partial charge is 0.384 e. The third kappa shape index (κ3) is 2.66. The standard InChI is InChI=1S/C16H10BrF2NO/c17-14-4-3-13(15-12(14)2-1-5-20-15)16(21)9-6-10(18)8-11(19)7-9/h1-8,16,21H. The Balaban J connectivity index is 2.18. The van der Waals surface area contributed by atoms with Gasteiger partial charge in [0.05, 0.1) is 5.52 Å². The van der Waals surface area contributed by atoms with Crippen molar-refractivity contribution in [3.63, 3.8) is 0 Å². The van der Waals surface area contributed by atoms with Gasteiger partial charge in [0.2, 0.25) is 0 Å². The minimum atomic E-state index is -1.15. The van der Waals surface area contributed by atoms with Gasteiger partial charge in [-0.15, -0.1) is 0 Å². The zero-order chi connectivity index (χ0) is 15.0. The maximum Gasteiger partial charge on any atom is 0.126 e.